The van der Waals surface area contributed by atoms with Gasteiger partial charge in [0.2, 0.25) is 10.0 Å². The van der Waals surface area contributed by atoms with Crippen LogP contribution in [-0.2, 0) is 22.9 Å². The number of hydrogen-bond donors (Lipinski definition) is 1. The van der Waals surface area contributed by atoms with Crippen LogP contribution in [0.4, 0.5) is 13.2 Å². The van der Waals surface area contributed by atoms with E-state index >= 15 is 0 Å². The van der Waals surface area contributed by atoms with Gasteiger partial charge in [0.25, 0.3) is 0 Å². The molecule has 1 aromatic carbocycles. The van der Waals surface area contributed by atoms with Gasteiger partial charge in [0.1, 0.15) is 6.54 Å². The Hall–Kier alpha value is -1.12. The SMILES string of the molecule is O=S(=O)(c1ccc2c(c1)CCC2)N(CCO)CC(F)(F)F. The van der Waals surface area contributed by atoms with Crippen molar-refractivity contribution in [3.8, 4) is 0 Å². The second kappa shape index (κ2) is 5.94. The zero-order chi connectivity index (χ0) is 15.7. The topological polar surface area (TPSA) is 57.6 Å². The molecule has 1 aliphatic rings. The van der Waals surface area contributed by atoms with Crippen molar-refractivity contribution in [2.45, 2.75) is 30.3 Å². The normalized spacial score (nSPS) is 15.5. The average Bonchev–Trinajstić information content (AvgIpc) is 2.83. The maximum Gasteiger partial charge on any atom is 0.402 e. The van der Waals surface area contributed by atoms with Crippen LogP contribution >= 0.6 is 0 Å². The summed E-state index contributed by atoms with van der Waals surface area (Å²) in [6.45, 7) is -2.86. The average molecular weight is 323 g/mol. The van der Waals surface area contributed by atoms with Crippen molar-refractivity contribution in [1.29, 1.82) is 0 Å². The van der Waals surface area contributed by atoms with E-state index in [0.717, 1.165) is 30.4 Å². The number of nitrogens with zero attached hydrogens (tertiary/aromatic N) is 1. The largest absolute Gasteiger partial charge is 0.402 e. The Kier molecular flexibility index (Phi) is 4.60. The van der Waals surface area contributed by atoms with Crippen LogP contribution in [0, 0.1) is 0 Å². The Morgan fingerprint density at radius 2 is 1.86 bits per heavy atom. The van der Waals surface area contributed by atoms with Crippen LogP contribution in [0.15, 0.2) is 23.1 Å². The Morgan fingerprint density at radius 3 is 2.48 bits per heavy atom. The lowest BCUT2D eigenvalue weighted by Gasteiger charge is -2.22. The molecule has 0 unspecified atom stereocenters. The molecular formula is C13H16F3NO3S. The molecule has 1 aliphatic carbocycles. The third kappa shape index (κ3) is 3.75. The van der Waals surface area contributed by atoms with Crippen LogP contribution in [0.3, 0.4) is 0 Å². The van der Waals surface area contributed by atoms with Crippen molar-refractivity contribution >= 4 is 10.0 Å². The quantitative estimate of drug-likeness (QED) is 0.898. The van der Waals surface area contributed by atoms with Gasteiger partial charge in [-0.15, -0.1) is 0 Å². The van der Waals surface area contributed by atoms with Crippen molar-refractivity contribution < 1.29 is 26.7 Å². The third-order valence-electron chi connectivity index (χ3n) is 3.41. The molecule has 0 heterocycles. The van der Waals surface area contributed by atoms with Crippen molar-refractivity contribution in [2.75, 3.05) is 19.7 Å². The summed E-state index contributed by atoms with van der Waals surface area (Å²) in [5.74, 6) is 0. The lowest BCUT2D eigenvalue weighted by atomic mass is 10.1. The van der Waals surface area contributed by atoms with E-state index in [9.17, 15) is 21.6 Å². The monoisotopic (exact) mass is 323 g/mol. The molecule has 0 bridgehead atoms. The smallest absolute Gasteiger partial charge is 0.395 e. The van der Waals surface area contributed by atoms with Crippen LogP contribution in [-0.4, -0.2) is 43.7 Å². The molecule has 0 fully saturated rings. The van der Waals surface area contributed by atoms with Crippen LogP contribution in [0.1, 0.15) is 17.5 Å². The van der Waals surface area contributed by atoms with E-state index in [1.54, 1.807) is 6.07 Å². The van der Waals surface area contributed by atoms with E-state index < -0.39 is 35.9 Å². The first-order valence-corrected chi connectivity index (χ1v) is 7.97. The van der Waals surface area contributed by atoms with Crippen molar-refractivity contribution in [3.05, 3.63) is 29.3 Å². The van der Waals surface area contributed by atoms with Gasteiger partial charge in [0.15, 0.2) is 0 Å². The number of fused-ring (bicyclic) bond motifs is 1. The molecule has 0 radical (unpaired) electrons. The van der Waals surface area contributed by atoms with Gasteiger partial charge in [0.05, 0.1) is 11.5 Å². The van der Waals surface area contributed by atoms with Crippen LogP contribution in [0.2, 0.25) is 0 Å². The number of aryl methyl sites for hydroxylation is 2. The molecule has 1 N–H and O–H groups in total. The van der Waals surface area contributed by atoms with Gasteiger partial charge < -0.3 is 5.11 Å². The summed E-state index contributed by atoms with van der Waals surface area (Å²) in [7, 11) is -4.26. The maximum absolute atomic E-state index is 12.5. The number of rotatable bonds is 5. The Labute approximate surface area is 121 Å². The van der Waals surface area contributed by atoms with Gasteiger partial charge in [0, 0.05) is 6.54 Å². The molecule has 0 saturated carbocycles. The zero-order valence-corrected chi connectivity index (χ0v) is 12.0. The first-order chi connectivity index (χ1) is 9.74. The standard InChI is InChI=1S/C13H16F3NO3S/c14-13(15,16)9-17(6-7-18)21(19,20)12-5-4-10-2-1-3-11(10)8-12/h4-5,8,18H,1-3,6-7,9H2. The minimum absolute atomic E-state index is 0.152. The number of hydrogen-bond acceptors (Lipinski definition) is 3. The van der Waals surface area contributed by atoms with Crippen LogP contribution in [0.5, 0.6) is 0 Å². The van der Waals surface area contributed by atoms with Crippen LogP contribution in [0.25, 0.3) is 0 Å². The van der Waals surface area contributed by atoms with Crippen molar-refractivity contribution in [1.82, 2.24) is 4.31 Å². The molecule has 118 valence electrons. The Bertz CT molecular complexity index is 614. The second-order valence-electron chi connectivity index (χ2n) is 4.96. The minimum Gasteiger partial charge on any atom is -0.395 e. The van der Waals surface area contributed by atoms with E-state index in [0.29, 0.717) is 0 Å². The summed E-state index contributed by atoms with van der Waals surface area (Å²) in [4.78, 5) is -0.152. The highest BCUT2D eigenvalue weighted by molar-refractivity contribution is 7.89. The van der Waals surface area contributed by atoms with Gasteiger partial charge in [-0.1, -0.05) is 6.07 Å². The van der Waals surface area contributed by atoms with E-state index in [1.807, 2.05) is 0 Å². The van der Waals surface area contributed by atoms with Crippen molar-refractivity contribution in [2.24, 2.45) is 0 Å². The second-order valence-corrected chi connectivity index (χ2v) is 6.90. The highest BCUT2D eigenvalue weighted by Crippen LogP contribution is 2.27. The minimum atomic E-state index is -4.65. The molecule has 0 saturated heterocycles. The lowest BCUT2D eigenvalue weighted by molar-refractivity contribution is -0.136. The first kappa shape index (κ1) is 16.3. The van der Waals surface area contributed by atoms with E-state index in [4.69, 9.17) is 5.11 Å². The molecule has 0 aliphatic heterocycles. The molecule has 4 nitrogen and oxygen atoms in total. The summed E-state index contributed by atoms with van der Waals surface area (Å²) in [6, 6.07) is 4.43. The third-order valence-corrected chi connectivity index (χ3v) is 5.25. The van der Waals surface area contributed by atoms with E-state index in [-0.39, 0.29) is 9.20 Å². The first-order valence-electron chi connectivity index (χ1n) is 6.53. The molecule has 8 heteroatoms. The Balaban J connectivity index is 2.33. The predicted octanol–water partition coefficient (Wildman–Crippen LogP) is 1.72. The van der Waals surface area contributed by atoms with Gasteiger partial charge in [-0.2, -0.15) is 17.5 Å². The molecule has 1 aromatic rings. The van der Waals surface area contributed by atoms with Gasteiger partial charge in [-0.05, 0) is 42.5 Å². The molecule has 0 spiro atoms. The molecule has 2 rings (SSSR count). The summed E-state index contributed by atoms with van der Waals surface area (Å²) in [6.07, 6.45) is -2.14. The fourth-order valence-corrected chi connectivity index (χ4v) is 3.92. The molecule has 0 atom stereocenters. The van der Waals surface area contributed by atoms with Gasteiger partial charge in [-0.25, -0.2) is 8.42 Å². The molecule has 21 heavy (non-hydrogen) atoms. The fourth-order valence-electron chi connectivity index (χ4n) is 2.45. The Morgan fingerprint density at radius 1 is 1.19 bits per heavy atom. The molecule has 0 amide bonds. The number of aliphatic hydroxyl groups is 1. The van der Waals surface area contributed by atoms with E-state index in [1.165, 1.54) is 12.1 Å². The summed E-state index contributed by atoms with van der Waals surface area (Å²) in [5.41, 5.74) is 1.91. The van der Waals surface area contributed by atoms with Crippen LogP contribution < -0.4 is 0 Å². The highest BCUT2D eigenvalue weighted by Gasteiger charge is 2.37. The highest BCUT2D eigenvalue weighted by atomic mass is 32.2. The number of benzene rings is 1. The molecular weight excluding hydrogens is 307 g/mol. The summed E-state index contributed by atoms with van der Waals surface area (Å²) in [5, 5.41) is 8.83. The summed E-state index contributed by atoms with van der Waals surface area (Å²) >= 11 is 0. The van der Waals surface area contributed by atoms with Gasteiger partial charge >= 0.3 is 6.18 Å². The fraction of sp³-hybridized carbons (Fsp3) is 0.538. The summed E-state index contributed by atoms with van der Waals surface area (Å²) < 4.78 is 62.4. The zero-order valence-electron chi connectivity index (χ0n) is 11.2. The molecule has 0 aromatic heterocycles. The number of aliphatic hydroxyl groups excluding tert-OH is 1. The number of halogens is 3. The van der Waals surface area contributed by atoms with Crippen molar-refractivity contribution in [3.63, 3.8) is 0 Å². The van der Waals surface area contributed by atoms with E-state index in [2.05, 4.69) is 0 Å². The maximum atomic E-state index is 12.5. The van der Waals surface area contributed by atoms with Gasteiger partial charge in [-0.3, -0.25) is 0 Å². The lowest BCUT2D eigenvalue weighted by Crippen LogP contribution is -2.40. The number of sulfonamides is 1. The predicted molar refractivity (Wildman–Crippen MR) is 70.4 cm³/mol. The number of alkyl halides is 3.